The standard InChI is InChI=1S/C12H5Cl2N3O3S/c13-8-9(17-21-10(8)14)11(18)16-7-2-1-5(4-15)3-6(7)12(19)20/h1-3H,(H,16,18)(H,19,20). The fraction of sp³-hybridized carbons (Fsp3) is 0. The van der Waals surface area contributed by atoms with Crippen molar-refractivity contribution in [1.82, 2.24) is 4.37 Å². The van der Waals surface area contributed by atoms with Crippen molar-refractivity contribution >= 4 is 52.3 Å². The van der Waals surface area contributed by atoms with Gasteiger partial charge in [-0.15, -0.1) is 0 Å². The third-order valence-electron chi connectivity index (χ3n) is 2.44. The van der Waals surface area contributed by atoms with Crippen molar-refractivity contribution in [2.24, 2.45) is 0 Å². The van der Waals surface area contributed by atoms with Crippen LogP contribution in [0, 0.1) is 11.3 Å². The lowest BCUT2D eigenvalue weighted by Crippen LogP contribution is -2.15. The van der Waals surface area contributed by atoms with E-state index < -0.39 is 11.9 Å². The van der Waals surface area contributed by atoms with Crippen LogP contribution >= 0.6 is 34.7 Å². The van der Waals surface area contributed by atoms with Gasteiger partial charge in [-0.25, -0.2) is 4.79 Å². The molecule has 1 amide bonds. The van der Waals surface area contributed by atoms with Crippen LogP contribution in [0.3, 0.4) is 0 Å². The first-order chi connectivity index (χ1) is 9.93. The molecule has 0 spiro atoms. The number of nitriles is 1. The summed E-state index contributed by atoms with van der Waals surface area (Å²) in [6.45, 7) is 0. The topological polar surface area (TPSA) is 103 Å². The Kier molecular flexibility index (Phi) is 4.43. The second-order valence-corrected chi connectivity index (χ2v) is 5.50. The first-order valence-electron chi connectivity index (χ1n) is 5.33. The van der Waals surface area contributed by atoms with Gasteiger partial charge in [0.15, 0.2) is 5.69 Å². The van der Waals surface area contributed by atoms with Crippen molar-refractivity contribution in [2.75, 3.05) is 5.32 Å². The van der Waals surface area contributed by atoms with E-state index in [0.717, 1.165) is 17.6 Å². The highest BCUT2D eigenvalue weighted by Gasteiger charge is 2.20. The number of hydrogen-bond acceptors (Lipinski definition) is 5. The van der Waals surface area contributed by atoms with E-state index in [0.29, 0.717) is 0 Å². The van der Waals surface area contributed by atoms with Gasteiger partial charge in [-0.2, -0.15) is 9.64 Å². The summed E-state index contributed by atoms with van der Waals surface area (Å²) in [4.78, 5) is 23.2. The number of carboxylic acid groups (broad SMARTS) is 1. The molecule has 0 bridgehead atoms. The Morgan fingerprint density at radius 2 is 2.10 bits per heavy atom. The quantitative estimate of drug-likeness (QED) is 0.891. The normalized spacial score (nSPS) is 9.95. The van der Waals surface area contributed by atoms with Gasteiger partial charge in [0.05, 0.1) is 22.9 Å². The van der Waals surface area contributed by atoms with Gasteiger partial charge in [0.2, 0.25) is 0 Å². The maximum Gasteiger partial charge on any atom is 0.337 e. The van der Waals surface area contributed by atoms with Crippen molar-refractivity contribution < 1.29 is 14.7 Å². The third kappa shape index (κ3) is 3.13. The van der Waals surface area contributed by atoms with Crippen LogP contribution in [-0.4, -0.2) is 21.4 Å². The smallest absolute Gasteiger partial charge is 0.337 e. The van der Waals surface area contributed by atoms with Gasteiger partial charge in [-0.1, -0.05) is 23.2 Å². The molecule has 21 heavy (non-hydrogen) atoms. The lowest BCUT2D eigenvalue weighted by molar-refractivity contribution is 0.0698. The highest BCUT2D eigenvalue weighted by atomic mass is 35.5. The molecule has 0 fully saturated rings. The number of benzene rings is 1. The molecule has 2 rings (SSSR count). The highest BCUT2D eigenvalue weighted by molar-refractivity contribution is 7.11. The summed E-state index contributed by atoms with van der Waals surface area (Å²) >= 11 is 12.4. The van der Waals surface area contributed by atoms with Crippen LogP contribution in [0.5, 0.6) is 0 Å². The maximum absolute atomic E-state index is 12.0. The van der Waals surface area contributed by atoms with Gasteiger partial charge >= 0.3 is 5.97 Å². The first kappa shape index (κ1) is 15.3. The predicted molar refractivity (Wildman–Crippen MR) is 78.2 cm³/mol. The number of halogens is 2. The zero-order valence-corrected chi connectivity index (χ0v) is 12.4. The molecule has 9 heteroatoms. The van der Waals surface area contributed by atoms with E-state index in [-0.39, 0.29) is 31.9 Å². The SMILES string of the molecule is N#Cc1ccc(NC(=O)c2nsc(Cl)c2Cl)c(C(=O)O)c1. The number of nitrogens with zero attached hydrogens (tertiary/aromatic N) is 2. The molecule has 1 aromatic heterocycles. The molecular weight excluding hydrogens is 337 g/mol. The van der Waals surface area contributed by atoms with E-state index in [2.05, 4.69) is 9.69 Å². The molecule has 0 saturated heterocycles. The fourth-order valence-corrected chi connectivity index (χ4v) is 2.48. The molecule has 0 aliphatic heterocycles. The predicted octanol–water partition coefficient (Wildman–Crippen LogP) is 3.27. The van der Waals surface area contributed by atoms with Crippen LogP contribution in [0.25, 0.3) is 0 Å². The fourth-order valence-electron chi connectivity index (χ4n) is 1.48. The summed E-state index contributed by atoms with van der Waals surface area (Å²) in [6, 6.07) is 5.69. The van der Waals surface area contributed by atoms with Gasteiger partial charge in [0, 0.05) is 0 Å². The molecule has 0 unspecified atom stereocenters. The van der Waals surface area contributed by atoms with Gasteiger partial charge in [-0.3, -0.25) is 4.79 Å². The van der Waals surface area contributed by atoms with Crippen molar-refractivity contribution in [3.63, 3.8) is 0 Å². The lowest BCUT2D eigenvalue weighted by Gasteiger charge is -2.07. The van der Waals surface area contributed by atoms with Crippen LogP contribution in [0.1, 0.15) is 26.4 Å². The first-order valence-corrected chi connectivity index (χ1v) is 6.86. The second kappa shape index (κ2) is 6.10. The molecule has 0 aliphatic carbocycles. The van der Waals surface area contributed by atoms with Gasteiger partial charge in [0.1, 0.15) is 9.36 Å². The summed E-state index contributed by atoms with van der Waals surface area (Å²) in [5.41, 5.74) is -0.0981. The Balaban J connectivity index is 2.36. The molecular formula is C12H5Cl2N3O3S. The molecule has 2 aromatic rings. The van der Waals surface area contributed by atoms with Gasteiger partial charge in [-0.05, 0) is 29.7 Å². The van der Waals surface area contributed by atoms with E-state index in [9.17, 15) is 9.59 Å². The zero-order chi connectivity index (χ0) is 15.6. The van der Waals surface area contributed by atoms with Crippen molar-refractivity contribution in [3.8, 4) is 6.07 Å². The number of rotatable bonds is 3. The number of carbonyl (C=O) groups is 2. The Labute approximate surface area is 132 Å². The Morgan fingerprint density at radius 3 is 2.62 bits per heavy atom. The highest BCUT2D eigenvalue weighted by Crippen LogP contribution is 2.30. The maximum atomic E-state index is 12.0. The van der Waals surface area contributed by atoms with E-state index in [1.54, 1.807) is 0 Å². The van der Waals surface area contributed by atoms with Gasteiger partial charge < -0.3 is 10.4 Å². The van der Waals surface area contributed by atoms with Crippen LogP contribution in [0.4, 0.5) is 5.69 Å². The van der Waals surface area contributed by atoms with Gasteiger partial charge in [0.25, 0.3) is 5.91 Å². The van der Waals surface area contributed by atoms with Crippen molar-refractivity contribution in [2.45, 2.75) is 0 Å². The number of amides is 1. The van der Waals surface area contributed by atoms with E-state index in [1.165, 1.54) is 12.1 Å². The number of aromatic nitrogens is 1. The summed E-state index contributed by atoms with van der Waals surface area (Å²) in [7, 11) is 0. The average molecular weight is 342 g/mol. The minimum Gasteiger partial charge on any atom is -0.478 e. The minimum atomic E-state index is -1.27. The van der Waals surface area contributed by atoms with Crippen LogP contribution in [-0.2, 0) is 0 Å². The third-order valence-corrected chi connectivity index (χ3v) is 4.05. The van der Waals surface area contributed by atoms with E-state index >= 15 is 0 Å². The molecule has 1 aromatic carbocycles. The van der Waals surface area contributed by atoms with E-state index in [4.69, 9.17) is 33.6 Å². The van der Waals surface area contributed by atoms with E-state index in [1.807, 2.05) is 6.07 Å². The summed E-state index contributed by atoms with van der Waals surface area (Å²) in [5.74, 6) is -1.96. The minimum absolute atomic E-state index is 0.00434. The average Bonchev–Trinajstić information content (AvgIpc) is 2.79. The Morgan fingerprint density at radius 1 is 1.38 bits per heavy atom. The zero-order valence-electron chi connectivity index (χ0n) is 10.1. The number of aromatic carboxylic acids is 1. The molecule has 106 valence electrons. The Bertz CT molecular complexity index is 783. The number of hydrogen-bond donors (Lipinski definition) is 2. The molecule has 0 saturated carbocycles. The summed E-state index contributed by atoms with van der Waals surface area (Å²) in [5, 5.41) is 20.3. The largest absolute Gasteiger partial charge is 0.478 e. The summed E-state index contributed by atoms with van der Waals surface area (Å²) in [6.07, 6.45) is 0. The monoisotopic (exact) mass is 341 g/mol. The summed E-state index contributed by atoms with van der Waals surface area (Å²) < 4.78 is 3.95. The number of carbonyl (C=O) groups excluding carboxylic acids is 1. The molecule has 0 radical (unpaired) electrons. The number of nitrogens with one attached hydrogen (secondary N) is 1. The number of carboxylic acids is 1. The van der Waals surface area contributed by atoms with Crippen LogP contribution < -0.4 is 5.32 Å². The molecule has 1 heterocycles. The molecule has 2 N–H and O–H groups in total. The Hall–Kier alpha value is -2.14. The molecule has 0 aliphatic rings. The number of anilines is 1. The van der Waals surface area contributed by atoms with Crippen molar-refractivity contribution in [1.29, 1.82) is 5.26 Å². The molecule has 6 nitrogen and oxygen atoms in total. The van der Waals surface area contributed by atoms with Crippen LogP contribution in [0.15, 0.2) is 18.2 Å². The molecule has 0 atom stereocenters. The van der Waals surface area contributed by atoms with Crippen LogP contribution in [0.2, 0.25) is 9.36 Å². The lowest BCUT2D eigenvalue weighted by atomic mass is 10.1. The van der Waals surface area contributed by atoms with Crippen molar-refractivity contribution in [3.05, 3.63) is 44.4 Å². The second-order valence-electron chi connectivity index (χ2n) is 3.75.